The molecule has 0 spiro atoms. The summed E-state index contributed by atoms with van der Waals surface area (Å²) in [7, 11) is 1.55. The van der Waals surface area contributed by atoms with E-state index in [-0.39, 0.29) is 17.9 Å². The van der Waals surface area contributed by atoms with E-state index in [1.807, 2.05) is 25.1 Å². The molecule has 0 saturated heterocycles. The van der Waals surface area contributed by atoms with E-state index in [0.717, 1.165) is 11.1 Å². The van der Waals surface area contributed by atoms with Crippen molar-refractivity contribution >= 4 is 11.7 Å². The van der Waals surface area contributed by atoms with Gasteiger partial charge in [-0.05, 0) is 31.2 Å². The van der Waals surface area contributed by atoms with Crippen LogP contribution in [0.1, 0.15) is 21.5 Å². The molecule has 0 amide bonds. The monoisotopic (exact) mass is 301 g/mol. The highest BCUT2D eigenvalue weighted by Crippen LogP contribution is 2.21. The molecule has 2 aromatic carbocycles. The van der Waals surface area contributed by atoms with Gasteiger partial charge in [0, 0.05) is 17.7 Å². The topological polar surface area (TPSA) is 78.7 Å². The van der Waals surface area contributed by atoms with E-state index in [1.54, 1.807) is 7.11 Å². The Bertz CT molecular complexity index is 694. The third kappa shape index (κ3) is 3.60. The van der Waals surface area contributed by atoms with Gasteiger partial charge in [0.1, 0.15) is 12.4 Å². The maximum Gasteiger partial charge on any atom is 0.338 e. The molecule has 0 aliphatic rings. The molecular formula is C16H15NO5. The minimum Gasteiger partial charge on any atom is -0.496 e. The highest BCUT2D eigenvalue weighted by molar-refractivity contribution is 5.89. The van der Waals surface area contributed by atoms with E-state index in [4.69, 9.17) is 9.47 Å². The number of hydrogen-bond acceptors (Lipinski definition) is 5. The Morgan fingerprint density at radius 1 is 1.18 bits per heavy atom. The minimum atomic E-state index is -0.543. The van der Waals surface area contributed by atoms with Crippen molar-refractivity contribution in [3.8, 4) is 5.75 Å². The van der Waals surface area contributed by atoms with Crippen LogP contribution in [0.15, 0.2) is 42.5 Å². The van der Waals surface area contributed by atoms with E-state index in [0.29, 0.717) is 5.75 Å². The van der Waals surface area contributed by atoms with Crippen molar-refractivity contribution in [3.05, 3.63) is 69.3 Å². The molecule has 0 bridgehead atoms. The van der Waals surface area contributed by atoms with Gasteiger partial charge in [-0.3, -0.25) is 10.1 Å². The first-order chi connectivity index (χ1) is 10.5. The second kappa shape index (κ2) is 6.71. The van der Waals surface area contributed by atoms with E-state index >= 15 is 0 Å². The Morgan fingerprint density at radius 2 is 1.86 bits per heavy atom. The number of nitrogens with zero attached hydrogens (tertiary/aromatic N) is 1. The highest BCUT2D eigenvalue weighted by Gasteiger charge is 2.12. The van der Waals surface area contributed by atoms with Gasteiger partial charge in [0.05, 0.1) is 17.6 Å². The Balaban J connectivity index is 2.06. The number of methoxy groups -OCH3 is 1. The van der Waals surface area contributed by atoms with Crippen LogP contribution in [0.25, 0.3) is 0 Å². The summed E-state index contributed by atoms with van der Waals surface area (Å²) in [5.41, 5.74) is 1.98. The zero-order valence-electron chi connectivity index (χ0n) is 12.2. The maximum atomic E-state index is 12.0. The summed E-state index contributed by atoms with van der Waals surface area (Å²) in [6.07, 6.45) is 0. The fourth-order valence-electron chi connectivity index (χ4n) is 1.97. The molecule has 2 rings (SSSR count). The average Bonchev–Trinajstić information content (AvgIpc) is 2.52. The lowest BCUT2D eigenvalue weighted by molar-refractivity contribution is -0.384. The Kier molecular flexibility index (Phi) is 4.73. The zero-order valence-corrected chi connectivity index (χ0v) is 12.2. The number of esters is 1. The number of nitro groups is 1. The first-order valence-electron chi connectivity index (χ1n) is 6.56. The Labute approximate surface area is 127 Å². The summed E-state index contributed by atoms with van der Waals surface area (Å²) in [6.45, 7) is 2.00. The molecule has 0 aliphatic carbocycles. The number of carbonyl (C=O) groups is 1. The molecule has 22 heavy (non-hydrogen) atoms. The second-order valence-corrected chi connectivity index (χ2v) is 4.70. The number of ether oxygens (including phenoxy) is 2. The molecule has 2 aromatic rings. The van der Waals surface area contributed by atoms with Crippen LogP contribution in [0.4, 0.5) is 5.69 Å². The van der Waals surface area contributed by atoms with Crippen molar-refractivity contribution < 1.29 is 19.2 Å². The molecule has 0 fully saturated rings. The third-order valence-corrected chi connectivity index (χ3v) is 3.11. The average molecular weight is 301 g/mol. The van der Waals surface area contributed by atoms with Crippen LogP contribution in [-0.4, -0.2) is 18.0 Å². The number of benzene rings is 2. The standard InChI is InChI=1S/C16H15NO5/c1-11-3-8-15(21-2)13(9-11)10-22-16(18)12-4-6-14(7-5-12)17(19)20/h3-9H,10H2,1-2H3. The van der Waals surface area contributed by atoms with Crippen LogP contribution in [0, 0.1) is 17.0 Å². The van der Waals surface area contributed by atoms with Crippen LogP contribution in [-0.2, 0) is 11.3 Å². The summed E-state index contributed by atoms with van der Waals surface area (Å²) in [5, 5.41) is 10.6. The molecule has 0 saturated carbocycles. The fourth-order valence-corrected chi connectivity index (χ4v) is 1.97. The summed E-state index contributed by atoms with van der Waals surface area (Å²) in [6, 6.07) is 10.9. The highest BCUT2D eigenvalue weighted by atomic mass is 16.6. The Morgan fingerprint density at radius 3 is 2.45 bits per heavy atom. The van der Waals surface area contributed by atoms with Crippen LogP contribution in [0.2, 0.25) is 0 Å². The van der Waals surface area contributed by atoms with Crippen molar-refractivity contribution in [1.82, 2.24) is 0 Å². The SMILES string of the molecule is COc1ccc(C)cc1COC(=O)c1ccc([N+](=O)[O-])cc1. The van der Waals surface area contributed by atoms with Crippen LogP contribution in [0.3, 0.4) is 0 Å². The van der Waals surface area contributed by atoms with Crippen LogP contribution < -0.4 is 4.74 Å². The van der Waals surface area contributed by atoms with Gasteiger partial charge >= 0.3 is 5.97 Å². The van der Waals surface area contributed by atoms with Gasteiger partial charge in [0.25, 0.3) is 5.69 Å². The van der Waals surface area contributed by atoms with Gasteiger partial charge in [-0.2, -0.15) is 0 Å². The normalized spacial score (nSPS) is 10.1. The van der Waals surface area contributed by atoms with Gasteiger partial charge in [0.2, 0.25) is 0 Å². The Hall–Kier alpha value is -2.89. The molecule has 6 heteroatoms. The predicted octanol–water partition coefficient (Wildman–Crippen LogP) is 3.27. The van der Waals surface area contributed by atoms with E-state index in [1.165, 1.54) is 24.3 Å². The van der Waals surface area contributed by atoms with Gasteiger partial charge in [0.15, 0.2) is 0 Å². The number of non-ortho nitro benzene ring substituents is 1. The summed E-state index contributed by atoms with van der Waals surface area (Å²) < 4.78 is 10.4. The van der Waals surface area contributed by atoms with Crippen molar-refractivity contribution in [1.29, 1.82) is 0 Å². The second-order valence-electron chi connectivity index (χ2n) is 4.70. The number of hydrogen-bond donors (Lipinski definition) is 0. The van der Waals surface area contributed by atoms with E-state index < -0.39 is 10.9 Å². The first kappa shape index (κ1) is 15.5. The molecule has 6 nitrogen and oxygen atoms in total. The van der Waals surface area contributed by atoms with E-state index in [9.17, 15) is 14.9 Å². The van der Waals surface area contributed by atoms with Gasteiger partial charge < -0.3 is 9.47 Å². The fraction of sp³-hybridized carbons (Fsp3) is 0.188. The molecule has 0 atom stereocenters. The molecule has 0 radical (unpaired) electrons. The quantitative estimate of drug-likeness (QED) is 0.481. The third-order valence-electron chi connectivity index (χ3n) is 3.11. The lowest BCUT2D eigenvalue weighted by Gasteiger charge is -2.10. The van der Waals surface area contributed by atoms with Gasteiger partial charge in [-0.15, -0.1) is 0 Å². The van der Waals surface area contributed by atoms with Gasteiger partial charge in [-0.25, -0.2) is 4.79 Å². The number of carbonyl (C=O) groups excluding carboxylic acids is 1. The van der Waals surface area contributed by atoms with Crippen LogP contribution in [0.5, 0.6) is 5.75 Å². The van der Waals surface area contributed by atoms with Gasteiger partial charge in [-0.1, -0.05) is 11.6 Å². The number of aryl methyl sites for hydroxylation is 1. The molecule has 0 unspecified atom stereocenters. The van der Waals surface area contributed by atoms with Crippen molar-refractivity contribution in [2.24, 2.45) is 0 Å². The molecule has 114 valence electrons. The smallest absolute Gasteiger partial charge is 0.338 e. The maximum absolute atomic E-state index is 12.0. The molecule has 0 heterocycles. The summed E-state index contributed by atoms with van der Waals surface area (Å²) >= 11 is 0. The summed E-state index contributed by atoms with van der Waals surface area (Å²) in [4.78, 5) is 22.0. The zero-order chi connectivity index (χ0) is 16.1. The van der Waals surface area contributed by atoms with Crippen molar-refractivity contribution in [2.45, 2.75) is 13.5 Å². The lowest BCUT2D eigenvalue weighted by Crippen LogP contribution is -2.06. The van der Waals surface area contributed by atoms with Crippen LogP contribution >= 0.6 is 0 Å². The minimum absolute atomic E-state index is 0.0701. The predicted molar refractivity (Wildman–Crippen MR) is 79.9 cm³/mol. The molecule has 0 N–H and O–H groups in total. The number of rotatable bonds is 5. The van der Waals surface area contributed by atoms with Crippen molar-refractivity contribution in [3.63, 3.8) is 0 Å². The number of nitro benzene ring substituents is 1. The lowest BCUT2D eigenvalue weighted by atomic mass is 10.1. The van der Waals surface area contributed by atoms with Crippen molar-refractivity contribution in [2.75, 3.05) is 7.11 Å². The molecule has 0 aliphatic heterocycles. The largest absolute Gasteiger partial charge is 0.496 e. The summed E-state index contributed by atoms with van der Waals surface area (Å²) in [5.74, 6) is 0.0977. The van der Waals surface area contributed by atoms with E-state index in [2.05, 4.69) is 0 Å². The molecule has 0 aromatic heterocycles. The first-order valence-corrected chi connectivity index (χ1v) is 6.56. The molecular weight excluding hydrogens is 286 g/mol.